The Labute approximate surface area is 109 Å². The van der Waals surface area contributed by atoms with E-state index in [1.165, 1.54) is 16.7 Å². The number of aryl methyl sites for hydroxylation is 2. The van der Waals surface area contributed by atoms with Crippen molar-refractivity contribution in [1.29, 1.82) is 0 Å². The van der Waals surface area contributed by atoms with Gasteiger partial charge < -0.3 is 9.88 Å². The maximum atomic E-state index is 4.49. The zero-order chi connectivity index (χ0) is 13.0. The molecule has 0 bridgehead atoms. The molecular weight excluding hydrogens is 222 g/mol. The predicted octanol–water partition coefficient (Wildman–Crippen LogP) is 2.99. The van der Waals surface area contributed by atoms with E-state index in [0.717, 1.165) is 25.3 Å². The largest absolute Gasteiger partial charge is 0.331 e. The van der Waals surface area contributed by atoms with E-state index in [4.69, 9.17) is 0 Å². The summed E-state index contributed by atoms with van der Waals surface area (Å²) in [7, 11) is 1.97. The second kappa shape index (κ2) is 5.83. The highest BCUT2D eigenvalue weighted by Gasteiger charge is 2.08. The lowest BCUT2D eigenvalue weighted by Gasteiger charge is -2.10. The monoisotopic (exact) mass is 243 g/mol. The van der Waals surface area contributed by atoms with Gasteiger partial charge in [-0.25, -0.2) is 4.98 Å². The molecule has 18 heavy (non-hydrogen) atoms. The van der Waals surface area contributed by atoms with E-state index in [2.05, 4.69) is 53.1 Å². The van der Waals surface area contributed by atoms with Crippen LogP contribution in [0.3, 0.4) is 0 Å². The first-order valence-electron chi connectivity index (χ1n) is 6.52. The fraction of sp³-hybridized carbons (Fsp3) is 0.400. The van der Waals surface area contributed by atoms with Crippen molar-refractivity contribution in [2.45, 2.75) is 33.4 Å². The first kappa shape index (κ1) is 12.8. The summed E-state index contributed by atoms with van der Waals surface area (Å²) in [6.07, 6.45) is 5.06. The van der Waals surface area contributed by atoms with Gasteiger partial charge in [0, 0.05) is 31.0 Å². The van der Waals surface area contributed by atoms with Gasteiger partial charge in [0.15, 0.2) is 0 Å². The fourth-order valence-electron chi connectivity index (χ4n) is 2.27. The van der Waals surface area contributed by atoms with Gasteiger partial charge in [-0.2, -0.15) is 0 Å². The highest BCUT2D eigenvalue weighted by atomic mass is 15.1. The van der Waals surface area contributed by atoms with Crippen LogP contribution in [-0.4, -0.2) is 16.6 Å². The molecule has 1 N–H and O–H groups in total. The number of hydrogen-bond acceptors (Lipinski definition) is 2. The zero-order valence-electron chi connectivity index (χ0n) is 11.4. The van der Waals surface area contributed by atoms with E-state index in [1.807, 2.05) is 13.2 Å². The maximum Gasteiger partial charge on any atom is 0.140 e. The molecule has 0 unspecified atom stereocenters. The van der Waals surface area contributed by atoms with Gasteiger partial charge in [-0.15, -0.1) is 0 Å². The van der Waals surface area contributed by atoms with Crippen molar-refractivity contribution in [1.82, 2.24) is 14.9 Å². The molecule has 0 atom stereocenters. The number of imidazole rings is 1. The van der Waals surface area contributed by atoms with Gasteiger partial charge in [0.1, 0.15) is 5.82 Å². The summed E-state index contributed by atoms with van der Waals surface area (Å²) in [5.41, 5.74) is 3.83. The highest BCUT2D eigenvalue weighted by molar-refractivity contribution is 5.61. The molecular formula is C15H21N3. The van der Waals surface area contributed by atoms with Gasteiger partial charge in [-0.05, 0) is 31.5 Å². The molecule has 0 aliphatic heterocycles. The minimum absolute atomic E-state index is 0.907. The van der Waals surface area contributed by atoms with Crippen LogP contribution in [0, 0.1) is 6.92 Å². The molecule has 3 nitrogen and oxygen atoms in total. The molecule has 0 aliphatic carbocycles. The van der Waals surface area contributed by atoms with Crippen molar-refractivity contribution in [3.63, 3.8) is 0 Å². The van der Waals surface area contributed by atoms with Crippen LogP contribution in [0.15, 0.2) is 30.6 Å². The van der Waals surface area contributed by atoms with E-state index in [1.54, 1.807) is 0 Å². The molecule has 0 spiro atoms. The average molecular weight is 243 g/mol. The number of hydrogen-bond donors (Lipinski definition) is 1. The van der Waals surface area contributed by atoms with Crippen LogP contribution >= 0.6 is 0 Å². The minimum Gasteiger partial charge on any atom is -0.331 e. The lowest BCUT2D eigenvalue weighted by atomic mass is 10.0. The van der Waals surface area contributed by atoms with Crippen molar-refractivity contribution in [2.75, 3.05) is 7.05 Å². The molecule has 1 aromatic heterocycles. The number of nitrogens with zero attached hydrogens (tertiary/aromatic N) is 2. The van der Waals surface area contributed by atoms with Crippen molar-refractivity contribution in [3.05, 3.63) is 41.7 Å². The normalized spacial score (nSPS) is 10.8. The molecule has 1 aromatic carbocycles. The van der Waals surface area contributed by atoms with Crippen LogP contribution < -0.4 is 5.32 Å². The summed E-state index contributed by atoms with van der Waals surface area (Å²) < 4.78 is 2.22. The molecule has 0 aliphatic rings. The van der Waals surface area contributed by atoms with Crippen molar-refractivity contribution in [3.8, 4) is 11.4 Å². The average Bonchev–Trinajstić information content (AvgIpc) is 2.78. The summed E-state index contributed by atoms with van der Waals surface area (Å²) in [4.78, 5) is 4.49. The molecule has 2 rings (SSSR count). The Hall–Kier alpha value is -1.61. The summed E-state index contributed by atoms with van der Waals surface area (Å²) in [6, 6.07) is 6.58. The van der Waals surface area contributed by atoms with Gasteiger partial charge in [0.2, 0.25) is 0 Å². The van der Waals surface area contributed by atoms with Gasteiger partial charge >= 0.3 is 0 Å². The molecule has 2 aromatic rings. The Balaban J connectivity index is 2.35. The number of nitrogens with one attached hydrogen (secondary N) is 1. The van der Waals surface area contributed by atoms with Gasteiger partial charge in [0.05, 0.1) is 0 Å². The van der Waals surface area contributed by atoms with Crippen LogP contribution in [0.2, 0.25) is 0 Å². The van der Waals surface area contributed by atoms with E-state index in [9.17, 15) is 0 Å². The third-order valence-electron chi connectivity index (χ3n) is 3.09. The van der Waals surface area contributed by atoms with Crippen LogP contribution in [-0.2, 0) is 13.1 Å². The van der Waals surface area contributed by atoms with Crippen LogP contribution in [0.1, 0.15) is 24.5 Å². The van der Waals surface area contributed by atoms with E-state index in [-0.39, 0.29) is 0 Å². The summed E-state index contributed by atoms with van der Waals surface area (Å²) >= 11 is 0. The minimum atomic E-state index is 0.907. The smallest absolute Gasteiger partial charge is 0.140 e. The number of rotatable bonds is 5. The van der Waals surface area contributed by atoms with E-state index >= 15 is 0 Å². The van der Waals surface area contributed by atoms with Gasteiger partial charge in [-0.3, -0.25) is 0 Å². The topological polar surface area (TPSA) is 29.9 Å². The highest BCUT2D eigenvalue weighted by Crippen LogP contribution is 2.23. The summed E-state index contributed by atoms with van der Waals surface area (Å²) in [5, 5.41) is 3.18. The molecule has 96 valence electrons. The van der Waals surface area contributed by atoms with Crippen molar-refractivity contribution >= 4 is 0 Å². The summed E-state index contributed by atoms with van der Waals surface area (Å²) in [6.45, 7) is 6.27. The Morgan fingerprint density at radius 3 is 2.83 bits per heavy atom. The molecule has 0 radical (unpaired) electrons. The first-order valence-corrected chi connectivity index (χ1v) is 6.52. The maximum absolute atomic E-state index is 4.49. The molecule has 3 heteroatoms. The number of aromatic nitrogens is 2. The Morgan fingerprint density at radius 2 is 2.17 bits per heavy atom. The predicted molar refractivity (Wildman–Crippen MR) is 75.5 cm³/mol. The van der Waals surface area contributed by atoms with Crippen LogP contribution in [0.25, 0.3) is 11.4 Å². The third-order valence-corrected chi connectivity index (χ3v) is 3.09. The van der Waals surface area contributed by atoms with E-state index < -0.39 is 0 Å². The number of benzene rings is 1. The zero-order valence-corrected chi connectivity index (χ0v) is 11.4. The van der Waals surface area contributed by atoms with Gasteiger partial charge in [-0.1, -0.05) is 25.1 Å². The van der Waals surface area contributed by atoms with Gasteiger partial charge in [0.25, 0.3) is 0 Å². The van der Waals surface area contributed by atoms with Crippen LogP contribution in [0.4, 0.5) is 0 Å². The quantitative estimate of drug-likeness (QED) is 0.875. The standard InChI is InChI=1S/C15H21N3/c1-4-8-18-9-7-17-15(18)14-6-5-13(11-16-3)10-12(14)2/h5-7,9-10,16H,4,8,11H2,1-3H3. The van der Waals surface area contributed by atoms with Crippen molar-refractivity contribution in [2.24, 2.45) is 0 Å². The molecule has 0 amide bonds. The lowest BCUT2D eigenvalue weighted by molar-refractivity contribution is 0.685. The SMILES string of the molecule is CCCn1ccnc1-c1ccc(CNC)cc1C. The van der Waals surface area contributed by atoms with Crippen LogP contribution in [0.5, 0.6) is 0 Å². The fourth-order valence-corrected chi connectivity index (χ4v) is 2.27. The van der Waals surface area contributed by atoms with Crippen molar-refractivity contribution < 1.29 is 0 Å². The molecule has 0 fully saturated rings. The Morgan fingerprint density at radius 1 is 1.33 bits per heavy atom. The van der Waals surface area contributed by atoms with E-state index in [0.29, 0.717) is 0 Å². The second-order valence-corrected chi connectivity index (χ2v) is 4.62. The first-order chi connectivity index (χ1) is 8.76. The Bertz CT molecular complexity index is 514. The second-order valence-electron chi connectivity index (χ2n) is 4.62. The Kier molecular flexibility index (Phi) is 4.15. The third kappa shape index (κ3) is 2.62. The lowest BCUT2D eigenvalue weighted by Crippen LogP contribution is -2.05. The summed E-state index contributed by atoms with van der Waals surface area (Å²) in [5.74, 6) is 1.07. The molecule has 0 saturated heterocycles. The molecule has 0 saturated carbocycles. The molecule has 1 heterocycles.